The van der Waals surface area contributed by atoms with E-state index in [1.807, 2.05) is 11.3 Å². The molecule has 2 atom stereocenters. The quantitative estimate of drug-likeness (QED) is 0.886. The molecule has 1 saturated heterocycles. The van der Waals surface area contributed by atoms with Gasteiger partial charge in [0, 0.05) is 41.0 Å². The summed E-state index contributed by atoms with van der Waals surface area (Å²) in [5.41, 5.74) is 0.250. The molecule has 1 aliphatic rings. The Hall–Kier alpha value is -0.380. The standard InChI is InChI=1S/C17H30N2S/c1-6-13(3)16-11-19(17(4,5)12-18-16)10-15-9-8-14(7-2)20-15/h8-9,13,16,18H,6-7,10-12H2,1-5H3. The van der Waals surface area contributed by atoms with Gasteiger partial charge in [-0.1, -0.05) is 27.2 Å². The lowest BCUT2D eigenvalue weighted by Crippen LogP contribution is -2.62. The van der Waals surface area contributed by atoms with Gasteiger partial charge in [-0.2, -0.15) is 0 Å². The lowest BCUT2D eigenvalue weighted by molar-refractivity contribution is 0.0457. The molecule has 20 heavy (non-hydrogen) atoms. The van der Waals surface area contributed by atoms with Crippen molar-refractivity contribution in [3.05, 3.63) is 21.9 Å². The molecule has 0 aromatic carbocycles. The van der Waals surface area contributed by atoms with E-state index in [-0.39, 0.29) is 5.54 Å². The average molecular weight is 295 g/mol. The van der Waals surface area contributed by atoms with Crippen LogP contribution in [0.15, 0.2) is 12.1 Å². The maximum atomic E-state index is 3.75. The molecule has 0 bridgehead atoms. The van der Waals surface area contributed by atoms with Gasteiger partial charge in [0.15, 0.2) is 0 Å². The summed E-state index contributed by atoms with van der Waals surface area (Å²) in [4.78, 5) is 5.69. The molecule has 0 spiro atoms. The van der Waals surface area contributed by atoms with Crippen LogP contribution in [-0.2, 0) is 13.0 Å². The van der Waals surface area contributed by atoms with Crippen LogP contribution in [0.25, 0.3) is 0 Å². The molecule has 2 heterocycles. The summed E-state index contributed by atoms with van der Waals surface area (Å²) in [6.07, 6.45) is 2.41. The van der Waals surface area contributed by atoms with Crippen molar-refractivity contribution in [1.82, 2.24) is 10.2 Å². The Balaban J connectivity index is 2.05. The minimum atomic E-state index is 0.250. The number of aryl methyl sites for hydroxylation is 1. The number of hydrogen-bond donors (Lipinski definition) is 1. The first-order valence-electron chi connectivity index (χ1n) is 8.02. The zero-order valence-corrected chi connectivity index (χ0v) is 14.5. The van der Waals surface area contributed by atoms with E-state index in [0.29, 0.717) is 6.04 Å². The second-order valence-electron chi connectivity index (χ2n) is 6.79. The van der Waals surface area contributed by atoms with Gasteiger partial charge >= 0.3 is 0 Å². The third-order valence-electron chi connectivity index (χ3n) is 4.81. The lowest BCUT2D eigenvalue weighted by atomic mass is 9.91. The Bertz CT molecular complexity index is 424. The number of thiophene rings is 1. The Morgan fingerprint density at radius 1 is 1.35 bits per heavy atom. The van der Waals surface area contributed by atoms with E-state index >= 15 is 0 Å². The molecule has 114 valence electrons. The third-order valence-corrected chi connectivity index (χ3v) is 6.03. The SMILES string of the molecule is CCc1ccc(CN2CC(C(C)CC)NCC2(C)C)s1. The first-order chi connectivity index (χ1) is 9.46. The maximum Gasteiger partial charge on any atom is 0.0334 e. The van der Waals surface area contributed by atoms with Gasteiger partial charge < -0.3 is 5.32 Å². The van der Waals surface area contributed by atoms with Crippen molar-refractivity contribution in [3.63, 3.8) is 0 Å². The number of hydrogen-bond acceptors (Lipinski definition) is 3. The molecular formula is C17H30N2S. The summed E-state index contributed by atoms with van der Waals surface area (Å²) in [7, 11) is 0. The molecular weight excluding hydrogens is 264 g/mol. The molecule has 2 unspecified atom stereocenters. The molecule has 0 saturated carbocycles. The minimum Gasteiger partial charge on any atom is -0.311 e. The zero-order chi connectivity index (χ0) is 14.8. The van der Waals surface area contributed by atoms with E-state index in [1.54, 1.807) is 0 Å². The summed E-state index contributed by atoms with van der Waals surface area (Å²) >= 11 is 1.98. The van der Waals surface area contributed by atoms with Crippen molar-refractivity contribution in [2.45, 2.75) is 65.6 Å². The Kier molecular flexibility index (Phi) is 5.27. The van der Waals surface area contributed by atoms with Gasteiger partial charge in [0.05, 0.1) is 0 Å². The molecule has 1 aromatic rings. The van der Waals surface area contributed by atoms with Crippen molar-refractivity contribution >= 4 is 11.3 Å². The lowest BCUT2D eigenvalue weighted by Gasteiger charge is -2.47. The summed E-state index contributed by atoms with van der Waals surface area (Å²) in [6.45, 7) is 15.0. The van der Waals surface area contributed by atoms with Gasteiger partial charge in [0.2, 0.25) is 0 Å². The Morgan fingerprint density at radius 3 is 2.65 bits per heavy atom. The fourth-order valence-corrected chi connectivity index (χ4v) is 3.85. The van der Waals surface area contributed by atoms with Crippen LogP contribution in [0.2, 0.25) is 0 Å². The van der Waals surface area contributed by atoms with Gasteiger partial charge in [-0.15, -0.1) is 11.3 Å². The molecule has 3 heteroatoms. The predicted octanol–water partition coefficient (Wildman–Crippen LogP) is 3.91. The minimum absolute atomic E-state index is 0.250. The maximum absolute atomic E-state index is 3.75. The summed E-state index contributed by atoms with van der Waals surface area (Å²) in [5.74, 6) is 0.753. The number of nitrogens with one attached hydrogen (secondary N) is 1. The van der Waals surface area contributed by atoms with Crippen LogP contribution in [0.5, 0.6) is 0 Å². The van der Waals surface area contributed by atoms with Crippen molar-refractivity contribution in [2.75, 3.05) is 13.1 Å². The second kappa shape index (κ2) is 6.59. The normalized spacial score (nSPS) is 24.8. The number of piperazine rings is 1. The van der Waals surface area contributed by atoms with Gasteiger partial charge in [-0.25, -0.2) is 0 Å². The van der Waals surface area contributed by atoms with Crippen molar-refractivity contribution < 1.29 is 0 Å². The van der Waals surface area contributed by atoms with Crippen LogP contribution in [0, 0.1) is 5.92 Å². The molecule has 2 rings (SSSR count). The molecule has 0 aliphatic carbocycles. The summed E-state index contributed by atoms with van der Waals surface area (Å²) in [6, 6.07) is 5.25. The van der Waals surface area contributed by atoms with E-state index in [1.165, 1.54) is 22.7 Å². The van der Waals surface area contributed by atoms with Crippen LogP contribution < -0.4 is 5.32 Å². The Morgan fingerprint density at radius 2 is 2.05 bits per heavy atom. The molecule has 0 amide bonds. The van der Waals surface area contributed by atoms with E-state index in [2.05, 4.69) is 57.0 Å². The van der Waals surface area contributed by atoms with Gasteiger partial charge in [0.1, 0.15) is 0 Å². The molecule has 1 fully saturated rings. The van der Waals surface area contributed by atoms with Gasteiger partial charge in [-0.3, -0.25) is 4.90 Å². The molecule has 1 aliphatic heterocycles. The highest BCUT2D eigenvalue weighted by Gasteiger charge is 2.35. The van der Waals surface area contributed by atoms with Gasteiger partial charge in [-0.05, 0) is 38.3 Å². The molecule has 0 radical (unpaired) electrons. The molecule has 1 N–H and O–H groups in total. The first kappa shape index (κ1) is 16.0. The highest BCUT2D eigenvalue weighted by atomic mass is 32.1. The first-order valence-corrected chi connectivity index (χ1v) is 8.84. The smallest absolute Gasteiger partial charge is 0.0334 e. The van der Waals surface area contributed by atoms with Crippen molar-refractivity contribution in [1.29, 1.82) is 0 Å². The highest BCUT2D eigenvalue weighted by Crippen LogP contribution is 2.27. The monoisotopic (exact) mass is 294 g/mol. The van der Waals surface area contributed by atoms with Crippen LogP contribution in [0.1, 0.15) is 50.8 Å². The predicted molar refractivity (Wildman–Crippen MR) is 89.4 cm³/mol. The topological polar surface area (TPSA) is 15.3 Å². The highest BCUT2D eigenvalue weighted by molar-refractivity contribution is 7.11. The summed E-state index contributed by atoms with van der Waals surface area (Å²) < 4.78 is 0. The Labute approximate surface area is 128 Å². The van der Waals surface area contributed by atoms with Crippen LogP contribution in [-0.4, -0.2) is 29.6 Å². The molecule has 1 aromatic heterocycles. The van der Waals surface area contributed by atoms with E-state index in [9.17, 15) is 0 Å². The summed E-state index contributed by atoms with van der Waals surface area (Å²) in [5, 5.41) is 3.75. The van der Waals surface area contributed by atoms with E-state index < -0.39 is 0 Å². The zero-order valence-electron chi connectivity index (χ0n) is 13.7. The molecule has 2 nitrogen and oxygen atoms in total. The van der Waals surface area contributed by atoms with Crippen molar-refractivity contribution in [3.8, 4) is 0 Å². The van der Waals surface area contributed by atoms with Crippen LogP contribution in [0.3, 0.4) is 0 Å². The number of nitrogens with zero attached hydrogens (tertiary/aromatic N) is 1. The van der Waals surface area contributed by atoms with Crippen LogP contribution in [0.4, 0.5) is 0 Å². The van der Waals surface area contributed by atoms with E-state index in [4.69, 9.17) is 0 Å². The van der Waals surface area contributed by atoms with Crippen LogP contribution >= 0.6 is 11.3 Å². The largest absolute Gasteiger partial charge is 0.311 e. The third kappa shape index (κ3) is 3.63. The average Bonchev–Trinajstić information content (AvgIpc) is 2.88. The fourth-order valence-electron chi connectivity index (χ4n) is 2.87. The van der Waals surface area contributed by atoms with Crippen molar-refractivity contribution in [2.24, 2.45) is 5.92 Å². The second-order valence-corrected chi connectivity index (χ2v) is 8.04. The van der Waals surface area contributed by atoms with E-state index in [0.717, 1.165) is 25.4 Å². The fraction of sp³-hybridized carbons (Fsp3) is 0.765. The van der Waals surface area contributed by atoms with Gasteiger partial charge in [0.25, 0.3) is 0 Å². The number of rotatable bonds is 5.